The SMILES string of the molecule is CCCCCCCC/C=C/CCCCCCCC(=O)OC(CO[C@H]1CC[C@@]2(C)C(=CC[C@H]3[C@@H]4CC[C@H]([C@H](C)CCCC(C)C)[C@@]4(C)CC[C@@H]32)C1)COP(=O)(O)OCC[N+](C)(C)C. The molecular weight excluding hydrogens is 794 g/mol. The lowest BCUT2D eigenvalue weighted by atomic mass is 9.47. The maximum atomic E-state index is 13.1. The number of ether oxygens (including phenoxy) is 2. The highest BCUT2D eigenvalue weighted by molar-refractivity contribution is 7.47. The first-order chi connectivity index (χ1) is 29.5. The molecule has 62 heavy (non-hydrogen) atoms. The molecule has 1 N–H and O–H groups in total. The van der Waals surface area contributed by atoms with Gasteiger partial charge >= 0.3 is 13.8 Å². The van der Waals surface area contributed by atoms with Crippen LogP contribution in [0.4, 0.5) is 0 Å². The summed E-state index contributed by atoms with van der Waals surface area (Å²) < 4.78 is 36.6. The normalized spacial score (nSPS) is 29.5. The fourth-order valence-electron chi connectivity index (χ4n) is 12.4. The predicted octanol–water partition coefficient (Wildman–Crippen LogP) is 14.2. The third kappa shape index (κ3) is 17.3. The van der Waals surface area contributed by atoms with Crippen molar-refractivity contribution in [3.05, 3.63) is 23.8 Å². The van der Waals surface area contributed by atoms with Crippen molar-refractivity contribution in [3.8, 4) is 0 Å². The summed E-state index contributed by atoms with van der Waals surface area (Å²) in [6.45, 7) is 15.3. The molecule has 360 valence electrons. The second-order valence-corrected chi connectivity index (χ2v) is 24.0. The lowest BCUT2D eigenvalue weighted by Gasteiger charge is -2.58. The van der Waals surface area contributed by atoms with Crippen LogP contribution >= 0.6 is 7.82 Å². The lowest BCUT2D eigenvalue weighted by Crippen LogP contribution is -2.51. The maximum absolute atomic E-state index is 13.1. The van der Waals surface area contributed by atoms with E-state index in [-0.39, 0.29) is 37.3 Å². The molecule has 4 rings (SSSR count). The monoisotopic (exact) mass is 891 g/mol. The minimum atomic E-state index is -4.33. The van der Waals surface area contributed by atoms with E-state index in [1.807, 2.05) is 21.1 Å². The number of nitrogens with zero attached hydrogens (tertiary/aromatic N) is 1. The number of esters is 1. The van der Waals surface area contributed by atoms with Gasteiger partial charge in [0.2, 0.25) is 0 Å². The molecule has 0 heterocycles. The molecule has 0 bridgehead atoms. The largest absolute Gasteiger partial charge is 0.472 e. The number of carbonyl (C=O) groups excluding carboxylic acids is 1. The highest BCUT2D eigenvalue weighted by atomic mass is 31.2. The number of rotatable bonds is 31. The van der Waals surface area contributed by atoms with Crippen molar-refractivity contribution in [1.82, 2.24) is 0 Å². The molecule has 3 fully saturated rings. The fourth-order valence-corrected chi connectivity index (χ4v) is 13.1. The molecule has 10 atom stereocenters. The van der Waals surface area contributed by atoms with Crippen molar-refractivity contribution in [2.45, 2.75) is 214 Å². The van der Waals surface area contributed by atoms with Crippen LogP contribution in [0.1, 0.15) is 202 Å². The van der Waals surface area contributed by atoms with Gasteiger partial charge in [0, 0.05) is 6.42 Å². The van der Waals surface area contributed by atoms with E-state index in [2.05, 4.69) is 59.8 Å². The van der Waals surface area contributed by atoms with Gasteiger partial charge in [0.15, 0.2) is 0 Å². The zero-order chi connectivity index (χ0) is 45.2. The molecule has 9 heteroatoms. The Morgan fingerprint density at radius 3 is 2.19 bits per heavy atom. The average Bonchev–Trinajstić information content (AvgIpc) is 3.57. The van der Waals surface area contributed by atoms with E-state index in [0.29, 0.717) is 22.9 Å². The molecular formula is C53H97NO7P+. The van der Waals surface area contributed by atoms with Gasteiger partial charge < -0.3 is 18.9 Å². The first-order valence-corrected chi connectivity index (χ1v) is 27.5. The third-order valence-electron chi connectivity index (χ3n) is 16.2. The summed E-state index contributed by atoms with van der Waals surface area (Å²) >= 11 is 0. The Hall–Kier alpha value is -1.02. The second-order valence-electron chi connectivity index (χ2n) is 22.5. The van der Waals surface area contributed by atoms with Gasteiger partial charge in [0.1, 0.15) is 19.3 Å². The number of fused-ring (bicyclic) bond motifs is 5. The van der Waals surface area contributed by atoms with E-state index < -0.39 is 13.9 Å². The first kappa shape index (κ1) is 53.6. The van der Waals surface area contributed by atoms with E-state index in [0.717, 1.165) is 86.9 Å². The van der Waals surface area contributed by atoms with Gasteiger partial charge in [-0.15, -0.1) is 0 Å². The molecule has 3 saturated carbocycles. The lowest BCUT2D eigenvalue weighted by molar-refractivity contribution is -0.870. The molecule has 0 saturated heterocycles. The van der Waals surface area contributed by atoms with Gasteiger partial charge in [-0.05, 0) is 130 Å². The van der Waals surface area contributed by atoms with Gasteiger partial charge in [-0.25, -0.2) is 4.57 Å². The second kappa shape index (κ2) is 26.4. The van der Waals surface area contributed by atoms with Crippen molar-refractivity contribution in [2.24, 2.45) is 46.3 Å². The molecule has 0 aromatic heterocycles. The molecule has 2 unspecified atom stereocenters. The molecule has 0 spiro atoms. The Morgan fingerprint density at radius 2 is 1.52 bits per heavy atom. The standard InChI is InChI=1S/C53H96NO7P/c1-10-11-12-13-14-15-16-17-18-19-20-21-22-23-24-28-51(55)61-46(41-60-62(56,57)59-38-37-54(7,8)9)40-58-45-33-35-52(5)44(39-45)29-30-47-49-32-31-48(43(4)27-25-26-42(2)3)53(49,6)36-34-50(47)52/h17-18,29,42-43,45-50H,10-16,19-28,30-41H2,1-9H3/p+1/b18-17+/t43-,45+,46?,47+,48-,49+,50+,52+,53-/m1/s1. The van der Waals surface area contributed by atoms with Crippen LogP contribution in [0.5, 0.6) is 0 Å². The topological polar surface area (TPSA) is 91.3 Å². The Labute approximate surface area is 381 Å². The summed E-state index contributed by atoms with van der Waals surface area (Å²) in [5.74, 6) is 4.55. The Bertz CT molecular complexity index is 1410. The van der Waals surface area contributed by atoms with Crippen molar-refractivity contribution >= 4 is 13.8 Å². The van der Waals surface area contributed by atoms with Gasteiger partial charge in [0.25, 0.3) is 0 Å². The minimum absolute atomic E-state index is 0.0237. The summed E-state index contributed by atoms with van der Waals surface area (Å²) in [4.78, 5) is 23.6. The van der Waals surface area contributed by atoms with Crippen LogP contribution < -0.4 is 0 Å². The van der Waals surface area contributed by atoms with Crippen LogP contribution in [-0.2, 0) is 27.9 Å². The average molecular weight is 891 g/mol. The van der Waals surface area contributed by atoms with E-state index in [1.165, 1.54) is 103 Å². The number of hydrogen-bond donors (Lipinski definition) is 1. The van der Waals surface area contributed by atoms with Crippen molar-refractivity contribution in [2.75, 3.05) is 47.5 Å². The van der Waals surface area contributed by atoms with Gasteiger partial charge in [-0.3, -0.25) is 13.8 Å². The van der Waals surface area contributed by atoms with E-state index in [1.54, 1.807) is 5.57 Å². The number of quaternary nitrogens is 1. The molecule has 0 aliphatic heterocycles. The zero-order valence-electron chi connectivity index (χ0n) is 41.6. The molecule has 0 aromatic rings. The number of phosphoric ester groups is 1. The number of phosphoric acid groups is 1. The summed E-state index contributed by atoms with van der Waals surface area (Å²) in [5.41, 5.74) is 2.26. The van der Waals surface area contributed by atoms with Crippen LogP contribution in [0.2, 0.25) is 0 Å². The minimum Gasteiger partial charge on any atom is -0.457 e. The van der Waals surface area contributed by atoms with Gasteiger partial charge in [-0.2, -0.15) is 0 Å². The van der Waals surface area contributed by atoms with Crippen LogP contribution in [0.3, 0.4) is 0 Å². The number of likely N-dealkylation sites (N-methyl/N-ethyl adjacent to an activating group) is 1. The molecule has 0 radical (unpaired) electrons. The van der Waals surface area contributed by atoms with Crippen molar-refractivity contribution < 1.29 is 37.3 Å². The highest BCUT2D eigenvalue weighted by Crippen LogP contribution is 2.67. The Kier molecular flexibility index (Phi) is 22.8. The summed E-state index contributed by atoms with van der Waals surface area (Å²) in [5, 5.41) is 0. The smallest absolute Gasteiger partial charge is 0.457 e. The van der Waals surface area contributed by atoms with Crippen molar-refractivity contribution in [1.29, 1.82) is 0 Å². The van der Waals surface area contributed by atoms with Crippen LogP contribution in [0.25, 0.3) is 0 Å². The predicted molar refractivity (Wildman–Crippen MR) is 257 cm³/mol. The zero-order valence-corrected chi connectivity index (χ0v) is 42.5. The molecule has 4 aliphatic carbocycles. The highest BCUT2D eigenvalue weighted by Gasteiger charge is 2.59. The Balaban J connectivity index is 1.24. The first-order valence-electron chi connectivity index (χ1n) is 26.0. The van der Waals surface area contributed by atoms with Gasteiger partial charge in [-0.1, -0.05) is 136 Å². The summed E-state index contributed by atoms with van der Waals surface area (Å²) in [7, 11) is 1.66. The van der Waals surface area contributed by atoms with E-state index >= 15 is 0 Å². The summed E-state index contributed by atoms with van der Waals surface area (Å²) in [6.07, 6.45) is 36.3. The van der Waals surface area contributed by atoms with E-state index in [9.17, 15) is 14.3 Å². The van der Waals surface area contributed by atoms with Crippen LogP contribution in [0.15, 0.2) is 23.8 Å². The number of unbranched alkanes of at least 4 members (excludes halogenated alkanes) is 11. The Morgan fingerprint density at radius 1 is 0.839 bits per heavy atom. The summed E-state index contributed by atoms with van der Waals surface area (Å²) in [6, 6.07) is 0. The van der Waals surface area contributed by atoms with Crippen LogP contribution in [0, 0.1) is 46.3 Å². The number of hydrogen-bond acceptors (Lipinski definition) is 6. The maximum Gasteiger partial charge on any atom is 0.472 e. The molecule has 0 amide bonds. The van der Waals surface area contributed by atoms with Crippen LogP contribution in [-0.4, -0.2) is 75.1 Å². The third-order valence-corrected chi connectivity index (χ3v) is 17.1. The van der Waals surface area contributed by atoms with Gasteiger partial charge in [0.05, 0.1) is 40.5 Å². The quantitative estimate of drug-likeness (QED) is 0.0244. The molecule has 0 aromatic carbocycles. The number of carbonyl (C=O) groups is 1. The van der Waals surface area contributed by atoms with E-state index in [4.69, 9.17) is 18.5 Å². The molecule has 4 aliphatic rings. The fraction of sp³-hybridized carbons (Fsp3) is 0.906. The van der Waals surface area contributed by atoms with Crippen molar-refractivity contribution in [3.63, 3.8) is 0 Å². The number of allylic oxidation sites excluding steroid dienone is 3. The molecule has 8 nitrogen and oxygen atoms in total.